The van der Waals surface area contributed by atoms with Crippen LogP contribution >= 0.6 is 11.3 Å². The minimum absolute atomic E-state index is 0.127. The lowest BCUT2D eigenvalue weighted by Crippen LogP contribution is -2.41. The van der Waals surface area contributed by atoms with Gasteiger partial charge in [0.2, 0.25) is 10.0 Å². The molecule has 198 valence electrons. The Kier molecular flexibility index (Phi) is 9.81. The van der Waals surface area contributed by atoms with Gasteiger partial charge in [0.05, 0.1) is 17.1 Å². The third-order valence-corrected chi connectivity index (χ3v) is 8.83. The SMILES string of the molecule is CCOC(=O)c1cc(C(C)C)sc1NC(=O)COC(=O)C(C)NS(=O)(=O)c1c(C)c(C)cc(C)c1C. The zero-order valence-corrected chi connectivity index (χ0v) is 23.5. The van der Waals surface area contributed by atoms with Crippen molar-refractivity contribution in [2.75, 3.05) is 18.5 Å². The normalized spacial score (nSPS) is 12.4. The monoisotopic (exact) mass is 538 g/mol. The summed E-state index contributed by atoms with van der Waals surface area (Å²) >= 11 is 1.24. The van der Waals surface area contributed by atoms with Gasteiger partial charge in [0, 0.05) is 4.88 Å². The predicted molar refractivity (Wildman–Crippen MR) is 139 cm³/mol. The lowest BCUT2D eigenvalue weighted by Gasteiger charge is -2.18. The number of hydrogen-bond acceptors (Lipinski definition) is 8. The van der Waals surface area contributed by atoms with Gasteiger partial charge in [0.1, 0.15) is 11.0 Å². The highest BCUT2D eigenvalue weighted by Gasteiger charge is 2.28. The predicted octanol–water partition coefficient (Wildman–Crippen LogP) is 4.13. The van der Waals surface area contributed by atoms with Gasteiger partial charge in [-0.25, -0.2) is 13.2 Å². The average Bonchev–Trinajstić information content (AvgIpc) is 3.20. The molecule has 0 spiro atoms. The Hall–Kier alpha value is -2.76. The van der Waals surface area contributed by atoms with Gasteiger partial charge < -0.3 is 14.8 Å². The largest absolute Gasteiger partial charge is 0.462 e. The second kappa shape index (κ2) is 12.0. The Morgan fingerprint density at radius 1 is 0.972 bits per heavy atom. The van der Waals surface area contributed by atoms with Crippen molar-refractivity contribution in [1.82, 2.24) is 4.72 Å². The Morgan fingerprint density at radius 2 is 1.56 bits per heavy atom. The number of esters is 2. The third kappa shape index (κ3) is 6.92. The molecule has 1 unspecified atom stereocenters. The maximum atomic E-state index is 13.0. The molecule has 2 rings (SSSR count). The molecule has 36 heavy (non-hydrogen) atoms. The molecule has 11 heteroatoms. The van der Waals surface area contributed by atoms with Crippen LogP contribution in [0.1, 0.15) is 71.1 Å². The van der Waals surface area contributed by atoms with Crippen LogP contribution in [0.2, 0.25) is 0 Å². The van der Waals surface area contributed by atoms with Gasteiger partial charge in [-0.1, -0.05) is 19.9 Å². The molecule has 0 aliphatic carbocycles. The van der Waals surface area contributed by atoms with Crippen LogP contribution in [-0.4, -0.2) is 45.5 Å². The van der Waals surface area contributed by atoms with E-state index in [-0.39, 0.29) is 23.0 Å². The summed E-state index contributed by atoms with van der Waals surface area (Å²) in [5, 5.41) is 2.88. The maximum absolute atomic E-state index is 13.0. The number of amides is 1. The molecule has 0 bridgehead atoms. The molecule has 0 aliphatic heterocycles. The Balaban J connectivity index is 2.08. The number of aryl methyl sites for hydroxylation is 2. The van der Waals surface area contributed by atoms with E-state index in [0.29, 0.717) is 16.1 Å². The molecule has 0 aliphatic rings. The van der Waals surface area contributed by atoms with Crippen molar-refractivity contribution < 1.29 is 32.3 Å². The quantitative estimate of drug-likeness (QED) is 0.435. The van der Waals surface area contributed by atoms with Gasteiger partial charge in [-0.05, 0) is 75.8 Å². The summed E-state index contributed by atoms with van der Waals surface area (Å²) in [6.45, 7) is 13.5. The van der Waals surface area contributed by atoms with E-state index in [1.807, 2.05) is 33.8 Å². The van der Waals surface area contributed by atoms with Crippen molar-refractivity contribution >= 4 is 44.2 Å². The molecule has 0 saturated heterocycles. The summed E-state index contributed by atoms with van der Waals surface area (Å²) in [4.78, 5) is 38.2. The number of carbonyl (C=O) groups is 3. The first-order chi connectivity index (χ1) is 16.7. The summed E-state index contributed by atoms with van der Waals surface area (Å²) in [5.74, 6) is -2.01. The first-order valence-electron chi connectivity index (χ1n) is 11.6. The van der Waals surface area contributed by atoms with E-state index in [0.717, 1.165) is 16.0 Å². The molecule has 0 saturated carbocycles. The number of nitrogens with one attached hydrogen (secondary N) is 2. The minimum atomic E-state index is -4.03. The smallest absolute Gasteiger partial charge is 0.341 e. The second-order valence-electron chi connectivity index (χ2n) is 8.86. The molecule has 0 radical (unpaired) electrons. The summed E-state index contributed by atoms with van der Waals surface area (Å²) in [7, 11) is -4.03. The van der Waals surface area contributed by atoms with E-state index < -0.39 is 40.5 Å². The van der Waals surface area contributed by atoms with Crippen LogP contribution in [-0.2, 0) is 29.1 Å². The van der Waals surface area contributed by atoms with Crippen LogP contribution in [0.15, 0.2) is 17.0 Å². The Labute approximate surface area is 216 Å². The molecular weight excluding hydrogens is 504 g/mol. The molecule has 1 aromatic carbocycles. The van der Waals surface area contributed by atoms with E-state index in [1.165, 1.54) is 18.3 Å². The molecule has 9 nitrogen and oxygen atoms in total. The summed E-state index contributed by atoms with van der Waals surface area (Å²) < 4.78 is 38.5. The molecule has 1 amide bonds. The number of rotatable bonds is 10. The van der Waals surface area contributed by atoms with E-state index in [4.69, 9.17) is 9.47 Å². The zero-order chi connectivity index (χ0) is 27.4. The van der Waals surface area contributed by atoms with Gasteiger partial charge in [-0.2, -0.15) is 4.72 Å². The fourth-order valence-corrected chi connectivity index (χ4v) is 6.37. The van der Waals surface area contributed by atoms with E-state index >= 15 is 0 Å². The van der Waals surface area contributed by atoms with E-state index in [1.54, 1.807) is 26.8 Å². The van der Waals surface area contributed by atoms with Crippen molar-refractivity contribution in [1.29, 1.82) is 0 Å². The number of thiophene rings is 1. The van der Waals surface area contributed by atoms with Gasteiger partial charge in [-0.3, -0.25) is 9.59 Å². The van der Waals surface area contributed by atoms with Crippen LogP contribution in [0, 0.1) is 27.7 Å². The minimum Gasteiger partial charge on any atom is -0.462 e. The number of benzene rings is 1. The van der Waals surface area contributed by atoms with Crippen LogP contribution in [0.3, 0.4) is 0 Å². The van der Waals surface area contributed by atoms with Crippen LogP contribution in [0.25, 0.3) is 0 Å². The first-order valence-corrected chi connectivity index (χ1v) is 13.9. The standard InChI is InChI=1S/C25H34N2O7S2/c1-9-33-25(30)19-11-20(13(2)3)35-23(19)26-21(28)12-34-24(29)18(8)27-36(31,32)22-16(6)14(4)10-15(5)17(22)7/h10-11,13,18,27H,9,12H2,1-8H3,(H,26,28). The van der Waals surface area contributed by atoms with Crippen LogP contribution < -0.4 is 10.0 Å². The van der Waals surface area contributed by atoms with Crippen molar-refractivity contribution in [3.8, 4) is 0 Å². The third-order valence-electron chi connectivity index (χ3n) is 5.67. The first kappa shape index (κ1) is 29.5. The summed E-state index contributed by atoms with van der Waals surface area (Å²) in [6.07, 6.45) is 0. The summed E-state index contributed by atoms with van der Waals surface area (Å²) in [6, 6.07) is 2.35. The van der Waals surface area contributed by atoms with Crippen LogP contribution in [0.5, 0.6) is 0 Å². The number of sulfonamides is 1. The molecule has 1 atom stereocenters. The Morgan fingerprint density at radius 3 is 2.08 bits per heavy atom. The maximum Gasteiger partial charge on any atom is 0.341 e. The molecule has 2 N–H and O–H groups in total. The molecule has 1 aromatic heterocycles. The Bertz CT molecular complexity index is 1240. The lowest BCUT2D eigenvalue weighted by atomic mass is 10.0. The summed E-state index contributed by atoms with van der Waals surface area (Å²) in [5.41, 5.74) is 3.06. The second-order valence-corrected chi connectivity index (χ2v) is 11.6. The number of ether oxygens (including phenoxy) is 2. The highest BCUT2D eigenvalue weighted by atomic mass is 32.2. The van der Waals surface area contributed by atoms with Gasteiger partial charge in [-0.15, -0.1) is 11.3 Å². The average molecular weight is 539 g/mol. The fraction of sp³-hybridized carbons (Fsp3) is 0.480. The number of anilines is 1. The number of hydrogen-bond donors (Lipinski definition) is 2. The highest BCUT2D eigenvalue weighted by molar-refractivity contribution is 7.89. The number of carbonyl (C=O) groups excluding carboxylic acids is 3. The molecule has 2 aromatic rings. The van der Waals surface area contributed by atoms with Crippen molar-refractivity contribution in [2.24, 2.45) is 0 Å². The fourth-order valence-electron chi connectivity index (χ4n) is 3.50. The lowest BCUT2D eigenvalue weighted by molar-refractivity contribution is -0.148. The molecule has 0 fully saturated rings. The molecular formula is C25H34N2O7S2. The van der Waals surface area contributed by atoms with Crippen molar-refractivity contribution in [3.05, 3.63) is 44.8 Å². The van der Waals surface area contributed by atoms with Crippen LogP contribution in [0.4, 0.5) is 5.00 Å². The highest BCUT2D eigenvalue weighted by Crippen LogP contribution is 2.33. The van der Waals surface area contributed by atoms with Gasteiger partial charge >= 0.3 is 11.9 Å². The van der Waals surface area contributed by atoms with Crippen molar-refractivity contribution in [2.45, 2.75) is 72.2 Å². The molecule has 1 heterocycles. The van der Waals surface area contributed by atoms with E-state index in [2.05, 4.69) is 10.0 Å². The van der Waals surface area contributed by atoms with E-state index in [9.17, 15) is 22.8 Å². The topological polar surface area (TPSA) is 128 Å². The van der Waals surface area contributed by atoms with Crippen molar-refractivity contribution in [3.63, 3.8) is 0 Å². The van der Waals surface area contributed by atoms with Gasteiger partial charge in [0.25, 0.3) is 5.91 Å². The van der Waals surface area contributed by atoms with Gasteiger partial charge in [0.15, 0.2) is 6.61 Å². The zero-order valence-electron chi connectivity index (χ0n) is 21.9.